The number of hydrogen-bond acceptors (Lipinski definition) is 3. The lowest BCUT2D eigenvalue weighted by Crippen LogP contribution is -1.99. The molecule has 4 nitrogen and oxygen atoms in total. The van der Waals surface area contributed by atoms with Crippen LogP contribution in [-0.2, 0) is 0 Å². The minimum Gasteiger partial charge on any atom is -0.505 e. The summed E-state index contributed by atoms with van der Waals surface area (Å²) in [7, 11) is 0. The second-order valence-corrected chi connectivity index (χ2v) is 3.95. The first-order valence-corrected chi connectivity index (χ1v) is 5.24. The van der Waals surface area contributed by atoms with Gasteiger partial charge in [-0.1, -0.05) is 11.6 Å². The lowest BCUT2D eigenvalue weighted by molar-refractivity contribution is 0.0693. The molecule has 1 heterocycles. The van der Waals surface area contributed by atoms with E-state index in [1.165, 1.54) is 12.1 Å². The minimum absolute atomic E-state index is 0.0741. The Labute approximate surface area is 106 Å². The van der Waals surface area contributed by atoms with Crippen molar-refractivity contribution in [2.75, 3.05) is 0 Å². The predicted octanol–water partition coefficient (Wildman–Crippen LogP) is 2.94. The van der Waals surface area contributed by atoms with Gasteiger partial charge in [0, 0.05) is 10.6 Å². The van der Waals surface area contributed by atoms with Gasteiger partial charge in [-0.2, -0.15) is 0 Å². The number of carbonyl (C=O) groups is 1. The summed E-state index contributed by atoms with van der Waals surface area (Å²) in [6, 6.07) is 4.96. The SMILES string of the molecule is O=C(O)c1cc(-c2cc(Cl)ccc2F)ncc1O. The van der Waals surface area contributed by atoms with Crippen molar-refractivity contribution < 1.29 is 19.4 Å². The van der Waals surface area contributed by atoms with E-state index >= 15 is 0 Å². The summed E-state index contributed by atoms with van der Waals surface area (Å²) in [6.45, 7) is 0. The largest absolute Gasteiger partial charge is 0.505 e. The van der Waals surface area contributed by atoms with Gasteiger partial charge >= 0.3 is 5.97 Å². The van der Waals surface area contributed by atoms with Crippen molar-refractivity contribution in [1.82, 2.24) is 4.98 Å². The smallest absolute Gasteiger partial charge is 0.339 e. The number of hydrogen-bond donors (Lipinski definition) is 2. The third kappa shape index (κ3) is 2.26. The van der Waals surface area contributed by atoms with Gasteiger partial charge in [0.15, 0.2) is 0 Å². The van der Waals surface area contributed by atoms with Crippen molar-refractivity contribution in [3.63, 3.8) is 0 Å². The van der Waals surface area contributed by atoms with Crippen LogP contribution in [0, 0.1) is 5.82 Å². The molecule has 0 saturated heterocycles. The standard InChI is InChI=1S/C12H7ClFNO3/c13-6-1-2-9(14)7(3-6)10-4-8(12(17)18)11(16)5-15-10/h1-5,16H,(H,17,18). The highest BCUT2D eigenvalue weighted by atomic mass is 35.5. The molecule has 0 spiro atoms. The number of aromatic hydroxyl groups is 1. The topological polar surface area (TPSA) is 70.4 Å². The predicted molar refractivity (Wildman–Crippen MR) is 63.3 cm³/mol. The Hall–Kier alpha value is -2.14. The second kappa shape index (κ2) is 4.62. The number of carboxylic acid groups (broad SMARTS) is 1. The molecule has 18 heavy (non-hydrogen) atoms. The molecule has 0 aliphatic heterocycles. The van der Waals surface area contributed by atoms with Gasteiger partial charge < -0.3 is 10.2 Å². The van der Waals surface area contributed by atoms with Crippen LogP contribution in [0.25, 0.3) is 11.3 Å². The van der Waals surface area contributed by atoms with Gasteiger partial charge in [0.05, 0.1) is 11.9 Å². The Morgan fingerprint density at radius 3 is 2.72 bits per heavy atom. The highest BCUT2D eigenvalue weighted by molar-refractivity contribution is 6.30. The van der Waals surface area contributed by atoms with E-state index in [0.29, 0.717) is 5.02 Å². The molecule has 0 unspecified atom stereocenters. The molecule has 6 heteroatoms. The maximum Gasteiger partial charge on any atom is 0.339 e. The summed E-state index contributed by atoms with van der Waals surface area (Å²) < 4.78 is 13.6. The molecule has 92 valence electrons. The average Bonchev–Trinajstić information content (AvgIpc) is 2.33. The summed E-state index contributed by atoms with van der Waals surface area (Å²) >= 11 is 5.74. The van der Waals surface area contributed by atoms with Crippen LogP contribution in [0.2, 0.25) is 5.02 Å². The number of carboxylic acids is 1. The number of pyridine rings is 1. The Balaban J connectivity index is 2.61. The lowest BCUT2D eigenvalue weighted by atomic mass is 10.1. The van der Waals surface area contributed by atoms with Gasteiger partial charge in [-0.15, -0.1) is 0 Å². The van der Waals surface area contributed by atoms with Crippen LogP contribution >= 0.6 is 11.6 Å². The zero-order chi connectivity index (χ0) is 13.3. The third-order valence-corrected chi connectivity index (χ3v) is 2.55. The molecule has 1 aromatic carbocycles. The van der Waals surface area contributed by atoms with Crippen molar-refractivity contribution in [1.29, 1.82) is 0 Å². The Kier molecular flexibility index (Phi) is 3.16. The molecule has 2 aromatic rings. The molecule has 2 rings (SSSR count). The van der Waals surface area contributed by atoms with Crippen molar-refractivity contribution in [3.05, 3.63) is 46.9 Å². The van der Waals surface area contributed by atoms with E-state index in [9.17, 15) is 14.3 Å². The first kappa shape index (κ1) is 12.3. The second-order valence-electron chi connectivity index (χ2n) is 3.52. The Bertz CT molecular complexity index is 631. The molecule has 0 atom stereocenters. The van der Waals surface area contributed by atoms with Gasteiger partial charge in [0.25, 0.3) is 0 Å². The van der Waals surface area contributed by atoms with E-state index in [4.69, 9.17) is 16.7 Å². The van der Waals surface area contributed by atoms with Gasteiger partial charge in [-0.05, 0) is 24.3 Å². The van der Waals surface area contributed by atoms with Gasteiger partial charge in [0.2, 0.25) is 0 Å². The molecular formula is C12H7ClFNO3. The van der Waals surface area contributed by atoms with Crippen LogP contribution in [0.1, 0.15) is 10.4 Å². The maximum absolute atomic E-state index is 13.6. The zero-order valence-electron chi connectivity index (χ0n) is 8.89. The molecule has 0 aliphatic rings. The van der Waals surface area contributed by atoms with Gasteiger partial charge in [-0.3, -0.25) is 4.98 Å². The van der Waals surface area contributed by atoms with Crippen LogP contribution in [0.3, 0.4) is 0 Å². The fourth-order valence-corrected chi connectivity index (χ4v) is 1.63. The van der Waals surface area contributed by atoms with E-state index in [-0.39, 0.29) is 16.8 Å². The molecule has 0 amide bonds. The molecule has 0 aliphatic carbocycles. The van der Waals surface area contributed by atoms with E-state index in [0.717, 1.165) is 18.3 Å². The average molecular weight is 268 g/mol. The van der Waals surface area contributed by atoms with Crippen molar-refractivity contribution >= 4 is 17.6 Å². The summed E-state index contributed by atoms with van der Waals surface area (Å²) in [5.74, 6) is -2.37. The Morgan fingerprint density at radius 2 is 2.06 bits per heavy atom. The number of nitrogens with zero attached hydrogens (tertiary/aromatic N) is 1. The fraction of sp³-hybridized carbons (Fsp3) is 0. The van der Waals surface area contributed by atoms with Crippen LogP contribution < -0.4 is 0 Å². The van der Waals surface area contributed by atoms with Gasteiger partial charge in [0.1, 0.15) is 17.1 Å². The highest BCUT2D eigenvalue weighted by Crippen LogP contribution is 2.27. The van der Waals surface area contributed by atoms with E-state index < -0.39 is 17.5 Å². The van der Waals surface area contributed by atoms with E-state index in [2.05, 4.69) is 4.98 Å². The van der Waals surface area contributed by atoms with Crippen molar-refractivity contribution in [3.8, 4) is 17.0 Å². The van der Waals surface area contributed by atoms with Crippen LogP contribution in [-0.4, -0.2) is 21.2 Å². The monoisotopic (exact) mass is 267 g/mol. The highest BCUT2D eigenvalue weighted by Gasteiger charge is 2.14. The van der Waals surface area contributed by atoms with E-state index in [1.54, 1.807) is 0 Å². The number of benzene rings is 1. The summed E-state index contributed by atoms with van der Waals surface area (Å²) in [5.41, 5.74) is -0.186. The maximum atomic E-state index is 13.6. The van der Waals surface area contributed by atoms with E-state index in [1.807, 2.05) is 0 Å². The number of aromatic carboxylic acids is 1. The molecule has 0 radical (unpaired) electrons. The zero-order valence-corrected chi connectivity index (χ0v) is 9.65. The number of rotatable bonds is 2. The summed E-state index contributed by atoms with van der Waals surface area (Å²) in [6.07, 6.45) is 0.957. The molecule has 0 bridgehead atoms. The first-order valence-electron chi connectivity index (χ1n) is 4.87. The molecule has 1 aromatic heterocycles. The molecule has 0 fully saturated rings. The number of halogens is 2. The van der Waals surface area contributed by atoms with Crippen LogP contribution in [0.5, 0.6) is 5.75 Å². The fourth-order valence-electron chi connectivity index (χ4n) is 1.46. The van der Waals surface area contributed by atoms with Crippen molar-refractivity contribution in [2.45, 2.75) is 0 Å². The Morgan fingerprint density at radius 1 is 1.33 bits per heavy atom. The number of aromatic nitrogens is 1. The first-order chi connectivity index (χ1) is 8.49. The summed E-state index contributed by atoms with van der Waals surface area (Å²) in [4.78, 5) is 14.6. The summed E-state index contributed by atoms with van der Waals surface area (Å²) in [5, 5.41) is 18.5. The van der Waals surface area contributed by atoms with Crippen LogP contribution in [0.4, 0.5) is 4.39 Å². The molecule has 0 saturated carbocycles. The third-order valence-electron chi connectivity index (χ3n) is 2.32. The molecular weight excluding hydrogens is 261 g/mol. The van der Waals surface area contributed by atoms with Gasteiger partial charge in [-0.25, -0.2) is 9.18 Å². The quantitative estimate of drug-likeness (QED) is 0.878. The van der Waals surface area contributed by atoms with Crippen molar-refractivity contribution in [2.24, 2.45) is 0 Å². The lowest BCUT2D eigenvalue weighted by Gasteiger charge is -2.05. The molecule has 2 N–H and O–H groups in total. The minimum atomic E-state index is -1.32. The normalized spacial score (nSPS) is 10.3. The van der Waals surface area contributed by atoms with Crippen LogP contribution in [0.15, 0.2) is 30.5 Å².